The summed E-state index contributed by atoms with van der Waals surface area (Å²) in [5.41, 5.74) is 4.08. The number of ether oxygens (including phenoxy) is 1. The average Bonchev–Trinajstić information content (AvgIpc) is 2.67. The number of aromatic hydroxyl groups is 3. The van der Waals surface area contributed by atoms with E-state index in [0.717, 1.165) is 30.0 Å². The largest absolute Gasteiger partial charge is 0.508 e. The number of carbonyl (C=O) groups is 1. The minimum absolute atomic E-state index is 0.0775. The molecule has 0 saturated heterocycles. The highest BCUT2D eigenvalue weighted by Gasteiger charge is 2.33. The van der Waals surface area contributed by atoms with Crippen molar-refractivity contribution in [2.24, 2.45) is 0 Å². The summed E-state index contributed by atoms with van der Waals surface area (Å²) in [6.07, 6.45) is 6.82. The Labute approximate surface area is 177 Å². The van der Waals surface area contributed by atoms with E-state index in [9.17, 15) is 20.1 Å². The van der Waals surface area contributed by atoms with Crippen LogP contribution in [0.4, 0.5) is 0 Å². The lowest BCUT2D eigenvalue weighted by Gasteiger charge is -2.25. The number of fused-ring (bicyclic) bond motifs is 1. The van der Waals surface area contributed by atoms with E-state index in [-0.39, 0.29) is 41.0 Å². The maximum Gasteiger partial charge on any atom is 0.181 e. The lowest BCUT2D eigenvalue weighted by Crippen LogP contribution is -2.26. The standard InChI is InChI=1S/C25H28O5/c1-15(2)5-4-6-16(3)7-8-18-11-17(9-10-21(18)27)20-14-30-23-13-19(26)12-22(28)24(23)25(20)29/h5,7,9-13,20,26-28H,4,6,8,14H2,1-3H3/b16-7+/t20-/m0/s1. The Hall–Kier alpha value is -3.21. The summed E-state index contributed by atoms with van der Waals surface area (Å²) in [5, 5.41) is 30.0. The first-order valence-corrected chi connectivity index (χ1v) is 10.1. The van der Waals surface area contributed by atoms with E-state index < -0.39 is 5.92 Å². The van der Waals surface area contributed by atoms with Gasteiger partial charge in [0.1, 0.15) is 35.2 Å². The monoisotopic (exact) mass is 408 g/mol. The van der Waals surface area contributed by atoms with Gasteiger partial charge in [-0.25, -0.2) is 0 Å². The molecule has 0 amide bonds. The topological polar surface area (TPSA) is 87.0 Å². The maximum absolute atomic E-state index is 13.0. The first kappa shape index (κ1) is 21.5. The van der Waals surface area contributed by atoms with Gasteiger partial charge in [0.2, 0.25) is 0 Å². The molecule has 0 aromatic heterocycles. The van der Waals surface area contributed by atoms with Crippen LogP contribution in [0.25, 0.3) is 0 Å². The van der Waals surface area contributed by atoms with E-state index in [1.165, 1.54) is 17.2 Å². The fraction of sp³-hybridized carbons (Fsp3) is 0.320. The molecule has 5 nitrogen and oxygen atoms in total. The molecule has 0 bridgehead atoms. The van der Waals surface area contributed by atoms with Gasteiger partial charge in [-0.1, -0.05) is 35.4 Å². The van der Waals surface area contributed by atoms with Gasteiger partial charge in [0.05, 0.1) is 5.92 Å². The van der Waals surface area contributed by atoms with Gasteiger partial charge in [-0.3, -0.25) is 4.79 Å². The maximum atomic E-state index is 13.0. The molecule has 3 N–H and O–H groups in total. The van der Waals surface area contributed by atoms with Gasteiger partial charge in [0, 0.05) is 12.1 Å². The number of hydrogen-bond acceptors (Lipinski definition) is 5. The quantitative estimate of drug-likeness (QED) is 0.557. The lowest BCUT2D eigenvalue weighted by molar-refractivity contribution is 0.0892. The van der Waals surface area contributed by atoms with Gasteiger partial charge in [-0.05, 0) is 57.2 Å². The summed E-state index contributed by atoms with van der Waals surface area (Å²) in [6, 6.07) is 7.58. The Morgan fingerprint density at radius 3 is 2.57 bits per heavy atom. The van der Waals surface area contributed by atoms with E-state index in [1.807, 2.05) is 6.07 Å². The Morgan fingerprint density at radius 2 is 1.83 bits per heavy atom. The third-order valence-corrected chi connectivity index (χ3v) is 5.30. The Morgan fingerprint density at radius 1 is 1.07 bits per heavy atom. The molecule has 1 aliphatic rings. The van der Waals surface area contributed by atoms with Crippen molar-refractivity contribution in [3.05, 3.63) is 70.3 Å². The number of ketones is 1. The van der Waals surface area contributed by atoms with E-state index in [0.29, 0.717) is 6.42 Å². The predicted molar refractivity (Wildman–Crippen MR) is 117 cm³/mol. The first-order chi connectivity index (χ1) is 14.3. The number of hydrogen-bond donors (Lipinski definition) is 3. The summed E-state index contributed by atoms with van der Waals surface area (Å²) in [4.78, 5) is 13.0. The van der Waals surface area contributed by atoms with Crippen molar-refractivity contribution in [1.29, 1.82) is 0 Å². The third-order valence-electron chi connectivity index (χ3n) is 5.30. The van der Waals surface area contributed by atoms with Crippen LogP contribution in [0.3, 0.4) is 0 Å². The average molecular weight is 408 g/mol. The molecule has 30 heavy (non-hydrogen) atoms. The second kappa shape index (κ2) is 9.08. The molecule has 1 atom stereocenters. The predicted octanol–water partition coefficient (Wildman–Crippen LogP) is 5.40. The SMILES string of the molecule is CC(C)=CCC/C(C)=C/Cc1cc([C@@H]2COc3cc(O)cc(O)c3C2=O)ccc1O. The Bertz CT molecular complexity index is 1010. The number of phenolic OH excluding ortho intramolecular Hbond substituents is 3. The molecule has 5 heteroatoms. The molecular formula is C25H28O5. The van der Waals surface area contributed by atoms with Crippen LogP contribution >= 0.6 is 0 Å². The van der Waals surface area contributed by atoms with E-state index in [4.69, 9.17) is 4.74 Å². The van der Waals surface area contributed by atoms with Crippen LogP contribution in [0.5, 0.6) is 23.0 Å². The smallest absolute Gasteiger partial charge is 0.181 e. The minimum atomic E-state index is -0.588. The van der Waals surface area contributed by atoms with Crippen LogP contribution in [-0.2, 0) is 6.42 Å². The number of Topliss-reactive ketones (excluding diaryl/α,β-unsaturated/α-hetero) is 1. The van der Waals surface area contributed by atoms with Crippen molar-refractivity contribution in [1.82, 2.24) is 0 Å². The normalized spacial score (nSPS) is 16.0. The van der Waals surface area contributed by atoms with Gasteiger partial charge >= 0.3 is 0 Å². The molecule has 0 saturated carbocycles. The van der Waals surface area contributed by atoms with Crippen molar-refractivity contribution in [3.63, 3.8) is 0 Å². The zero-order chi connectivity index (χ0) is 21.8. The lowest BCUT2D eigenvalue weighted by atomic mass is 9.87. The van der Waals surface area contributed by atoms with Crippen molar-refractivity contribution < 1.29 is 24.9 Å². The molecule has 0 fully saturated rings. The summed E-state index contributed by atoms with van der Waals surface area (Å²) < 4.78 is 5.63. The highest BCUT2D eigenvalue weighted by Crippen LogP contribution is 2.40. The van der Waals surface area contributed by atoms with Gasteiger partial charge < -0.3 is 20.1 Å². The van der Waals surface area contributed by atoms with Crippen LogP contribution in [0.1, 0.15) is 61.0 Å². The highest BCUT2D eigenvalue weighted by atomic mass is 16.5. The molecule has 0 unspecified atom stereocenters. The first-order valence-electron chi connectivity index (χ1n) is 10.1. The van der Waals surface area contributed by atoms with E-state index in [2.05, 4.69) is 32.9 Å². The summed E-state index contributed by atoms with van der Waals surface area (Å²) >= 11 is 0. The molecule has 0 spiro atoms. The molecule has 3 rings (SSSR count). The number of allylic oxidation sites excluding steroid dienone is 4. The van der Waals surface area contributed by atoms with Crippen LogP contribution in [0.15, 0.2) is 53.6 Å². The van der Waals surface area contributed by atoms with E-state index >= 15 is 0 Å². The van der Waals surface area contributed by atoms with Crippen molar-refractivity contribution in [3.8, 4) is 23.0 Å². The molecule has 2 aromatic carbocycles. The van der Waals surface area contributed by atoms with Crippen LogP contribution < -0.4 is 4.74 Å². The molecule has 0 radical (unpaired) electrons. The van der Waals surface area contributed by atoms with Crippen LogP contribution in [-0.4, -0.2) is 27.7 Å². The molecule has 158 valence electrons. The van der Waals surface area contributed by atoms with Gasteiger partial charge in [-0.15, -0.1) is 0 Å². The molecular weight excluding hydrogens is 380 g/mol. The number of phenols is 3. The zero-order valence-corrected chi connectivity index (χ0v) is 17.6. The molecule has 2 aromatic rings. The van der Waals surface area contributed by atoms with Crippen molar-refractivity contribution >= 4 is 5.78 Å². The van der Waals surface area contributed by atoms with Crippen molar-refractivity contribution in [2.45, 2.75) is 46.0 Å². The molecule has 1 aliphatic heterocycles. The highest BCUT2D eigenvalue weighted by molar-refractivity contribution is 6.06. The second-order valence-electron chi connectivity index (χ2n) is 8.03. The van der Waals surface area contributed by atoms with Gasteiger partial charge in [0.15, 0.2) is 5.78 Å². The second-order valence-corrected chi connectivity index (χ2v) is 8.03. The minimum Gasteiger partial charge on any atom is -0.508 e. The fourth-order valence-corrected chi connectivity index (χ4v) is 3.58. The number of benzene rings is 2. The summed E-state index contributed by atoms with van der Waals surface area (Å²) in [6.45, 7) is 6.35. The third kappa shape index (κ3) is 4.85. The summed E-state index contributed by atoms with van der Waals surface area (Å²) in [7, 11) is 0. The van der Waals surface area contributed by atoms with Crippen molar-refractivity contribution in [2.75, 3.05) is 6.61 Å². The zero-order valence-electron chi connectivity index (χ0n) is 17.6. The fourth-order valence-electron chi connectivity index (χ4n) is 3.58. The molecule has 1 heterocycles. The van der Waals surface area contributed by atoms with Gasteiger partial charge in [-0.2, -0.15) is 0 Å². The van der Waals surface area contributed by atoms with Gasteiger partial charge in [0.25, 0.3) is 0 Å². The van der Waals surface area contributed by atoms with E-state index in [1.54, 1.807) is 12.1 Å². The Balaban J connectivity index is 1.80. The van der Waals surface area contributed by atoms with Crippen LogP contribution in [0.2, 0.25) is 0 Å². The molecule has 0 aliphatic carbocycles. The van der Waals surface area contributed by atoms with Crippen LogP contribution in [0, 0.1) is 0 Å². The number of rotatable bonds is 6. The Kier molecular flexibility index (Phi) is 6.50. The number of carbonyl (C=O) groups excluding carboxylic acids is 1. The summed E-state index contributed by atoms with van der Waals surface area (Å²) in [5.74, 6) is -0.939.